The van der Waals surface area contributed by atoms with Crippen LogP contribution in [0, 0.1) is 13.8 Å². The maximum absolute atomic E-state index is 12.6. The molecule has 0 bridgehead atoms. The number of likely N-dealkylation sites (N-methyl/N-ethyl adjacent to an activating group) is 1. The van der Waals surface area contributed by atoms with Gasteiger partial charge in [-0.3, -0.25) is 9.78 Å². The minimum atomic E-state index is 0.274. The molecule has 0 atom stereocenters. The Hall–Kier alpha value is -2.40. The van der Waals surface area contributed by atoms with Gasteiger partial charge in [0.1, 0.15) is 0 Å². The van der Waals surface area contributed by atoms with Crippen LogP contribution in [0.1, 0.15) is 23.1 Å². The fraction of sp³-hybridized carbons (Fsp3) is 0.478. The lowest BCUT2D eigenvalue weighted by molar-refractivity contribution is -0.131. The van der Waals surface area contributed by atoms with Crippen molar-refractivity contribution >= 4 is 11.6 Å². The zero-order valence-corrected chi connectivity index (χ0v) is 17.4. The summed E-state index contributed by atoms with van der Waals surface area (Å²) in [4.78, 5) is 23.3. The van der Waals surface area contributed by atoms with Crippen molar-refractivity contribution in [3.63, 3.8) is 0 Å². The van der Waals surface area contributed by atoms with Crippen molar-refractivity contribution in [3.05, 3.63) is 59.4 Å². The molecule has 1 fully saturated rings. The molecule has 5 heteroatoms. The molecule has 1 aromatic heterocycles. The molecule has 0 saturated carbocycles. The number of piperazine rings is 1. The van der Waals surface area contributed by atoms with Crippen LogP contribution in [0.2, 0.25) is 0 Å². The SMILES string of the molecule is Cc1cccc(N2CCN(C(=O)CCN(C)CCc3ccncc3)CC2)c1C. The Morgan fingerprint density at radius 2 is 1.75 bits per heavy atom. The molecule has 0 radical (unpaired) electrons. The number of nitrogens with zero attached hydrogens (tertiary/aromatic N) is 4. The third-order valence-electron chi connectivity index (χ3n) is 5.79. The molecule has 1 aliphatic heterocycles. The van der Waals surface area contributed by atoms with E-state index >= 15 is 0 Å². The number of hydrogen-bond acceptors (Lipinski definition) is 4. The Kier molecular flexibility index (Phi) is 7.04. The number of anilines is 1. The van der Waals surface area contributed by atoms with Crippen molar-refractivity contribution in [2.45, 2.75) is 26.7 Å². The molecule has 1 saturated heterocycles. The highest BCUT2D eigenvalue weighted by atomic mass is 16.2. The number of carbonyl (C=O) groups is 1. The maximum atomic E-state index is 12.6. The van der Waals surface area contributed by atoms with E-state index in [2.05, 4.69) is 66.0 Å². The lowest BCUT2D eigenvalue weighted by Gasteiger charge is -2.37. The number of carbonyl (C=O) groups excluding carboxylic acids is 1. The zero-order chi connectivity index (χ0) is 19.9. The van der Waals surface area contributed by atoms with E-state index in [9.17, 15) is 4.79 Å². The van der Waals surface area contributed by atoms with Crippen LogP contribution in [0.15, 0.2) is 42.7 Å². The molecule has 1 aromatic carbocycles. The van der Waals surface area contributed by atoms with Gasteiger partial charge in [0.05, 0.1) is 0 Å². The first-order valence-corrected chi connectivity index (χ1v) is 10.2. The van der Waals surface area contributed by atoms with Gasteiger partial charge in [-0.05, 0) is 62.2 Å². The van der Waals surface area contributed by atoms with Gasteiger partial charge in [-0.15, -0.1) is 0 Å². The molecule has 150 valence electrons. The average Bonchev–Trinajstić information content (AvgIpc) is 2.73. The summed E-state index contributed by atoms with van der Waals surface area (Å²) in [7, 11) is 2.09. The van der Waals surface area contributed by atoms with Crippen molar-refractivity contribution in [1.82, 2.24) is 14.8 Å². The lowest BCUT2D eigenvalue weighted by atomic mass is 10.1. The second-order valence-corrected chi connectivity index (χ2v) is 7.75. The Morgan fingerprint density at radius 1 is 1.04 bits per heavy atom. The summed E-state index contributed by atoms with van der Waals surface area (Å²) in [5.41, 5.74) is 5.27. The third-order valence-corrected chi connectivity index (χ3v) is 5.79. The number of amides is 1. The molecule has 1 amide bonds. The monoisotopic (exact) mass is 380 g/mol. The number of benzene rings is 1. The number of pyridine rings is 1. The molecule has 0 N–H and O–H groups in total. The van der Waals surface area contributed by atoms with E-state index in [0.29, 0.717) is 6.42 Å². The highest BCUT2D eigenvalue weighted by Crippen LogP contribution is 2.24. The van der Waals surface area contributed by atoms with Crippen molar-refractivity contribution < 1.29 is 4.79 Å². The van der Waals surface area contributed by atoms with Gasteiger partial charge < -0.3 is 14.7 Å². The number of hydrogen-bond donors (Lipinski definition) is 0. The van der Waals surface area contributed by atoms with Gasteiger partial charge in [-0.1, -0.05) is 12.1 Å². The minimum absolute atomic E-state index is 0.274. The second kappa shape index (κ2) is 9.69. The van der Waals surface area contributed by atoms with Crippen molar-refractivity contribution in [2.75, 3.05) is 51.2 Å². The van der Waals surface area contributed by atoms with Gasteiger partial charge in [0.25, 0.3) is 0 Å². The second-order valence-electron chi connectivity index (χ2n) is 7.75. The number of rotatable bonds is 7. The number of aromatic nitrogens is 1. The first-order valence-electron chi connectivity index (χ1n) is 10.2. The average molecular weight is 381 g/mol. The summed E-state index contributed by atoms with van der Waals surface area (Å²) < 4.78 is 0. The predicted octanol–water partition coefficient (Wildman–Crippen LogP) is 2.91. The molecule has 2 aromatic rings. The molecular weight excluding hydrogens is 348 g/mol. The fourth-order valence-electron chi connectivity index (χ4n) is 3.70. The first kappa shape index (κ1) is 20.3. The van der Waals surface area contributed by atoms with Crippen LogP contribution in [-0.2, 0) is 11.2 Å². The maximum Gasteiger partial charge on any atom is 0.223 e. The van der Waals surface area contributed by atoms with Gasteiger partial charge in [0, 0.05) is 63.8 Å². The smallest absolute Gasteiger partial charge is 0.223 e. The van der Waals surface area contributed by atoms with E-state index < -0.39 is 0 Å². The third kappa shape index (κ3) is 5.32. The van der Waals surface area contributed by atoms with Crippen LogP contribution >= 0.6 is 0 Å². The van der Waals surface area contributed by atoms with E-state index in [1.165, 1.54) is 22.4 Å². The van der Waals surface area contributed by atoms with Crippen LogP contribution in [0.25, 0.3) is 0 Å². The summed E-state index contributed by atoms with van der Waals surface area (Å²) in [5, 5.41) is 0. The van der Waals surface area contributed by atoms with Crippen LogP contribution < -0.4 is 4.90 Å². The Bertz CT molecular complexity index is 769. The van der Waals surface area contributed by atoms with Gasteiger partial charge in [0.15, 0.2) is 0 Å². The van der Waals surface area contributed by atoms with E-state index in [1.807, 2.05) is 17.3 Å². The Labute approximate surface area is 169 Å². The normalized spacial score (nSPS) is 14.6. The van der Waals surface area contributed by atoms with Crippen LogP contribution in [0.5, 0.6) is 0 Å². The van der Waals surface area contributed by atoms with E-state index in [1.54, 1.807) is 0 Å². The van der Waals surface area contributed by atoms with Gasteiger partial charge >= 0.3 is 0 Å². The molecule has 3 rings (SSSR count). The van der Waals surface area contributed by atoms with E-state index in [0.717, 1.165) is 45.7 Å². The van der Waals surface area contributed by atoms with Crippen LogP contribution in [0.4, 0.5) is 5.69 Å². The van der Waals surface area contributed by atoms with Crippen molar-refractivity contribution in [3.8, 4) is 0 Å². The zero-order valence-electron chi connectivity index (χ0n) is 17.4. The molecule has 0 aliphatic carbocycles. The highest BCUT2D eigenvalue weighted by Gasteiger charge is 2.22. The highest BCUT2D eigenvalue weighted by molar-refractivity contribution is 5.76. The Morgan fingerprint density at radius 3 is 2.46 bits per heavy atom. The summed E-state index contributed by atoms with van der Waals surface area (Å²) in [6.45, 7) is 9.55. The molecule has 2 heterocycles. The van der Waals surface area contributed by atoms with Crippen LogP contribution in [0.3, 0.4) is 0 Å². The summed E-state index contributed by atoms with van der Waals surface area (Å²) in [5.74, 6) is 0.274. The topological polar surface area (TPSA) is 39.7 Å². The van der Waals surface area contributed by atoms with Crippen LogP contribution in [-0.4, -0.2) is 67.0 Å². The largest absolute Gasteiger partial charge is 0.368 e. The molecule has 28 heavy (non-hydrogen) atoms. The van der Waals surface area contributed by atoms with Gasteiger partial charge in [0.2, 0.25) is 5.91 Å². The summed E-state index contributed by atoms with van der Waals surface area (Å²) in [6, 6.07) is 10.6. The van der Waals surface area contributed by atoms with E-state index in [4.69, 9.17) is 0 Å². The molecule has 1 aliphatic rings. The molecule has 0 spiro atoms. The van der Waals surface area contributed by atoms with Crippen molar-refractivity contribution in [2.24, 2.45) is 0 Å². The van der Waals surface area contributed by atoms with Gasteiger partial charge in [-0.2, -0.15) is 0 Å². The van der Waals surface area contributed by atoms with Gasteiger partial charge in [-0.25, -0.2) is 0 Å². The predicted molar refractivity (Wildman–Crippen MR) is 115 cm³/mol. The summed E-state index contributed by atoms with van der Waals surface area (Å²) >= 11 is 0. The lowest BCUT2D eigenvalue weighted by Crippen LogP contribution is -2.49. The Balaban J connectivity index is 1.40. The fourth-order valence-corrected chi connectivity index (χ4v) is 3.70. The number of aryl methyl sites for hydroxylation is 1. The molecule has 5 nitrogen and oxygen atoms in total. The molecule has 0 unspecified atom stereocenters. The summed E-state index contributed by atoms with van der Waals surface area (Å²) in [6.07, 6.45) is 5.24. The molecular formula is C23H32N4O. The van der Waals surface area contributed by atoms with E-state index in [-0.39, 0.29) is 5.91 Å². The standard InChI is InChI=1S/C23H32N4O/c1-19-5-4-6-22(20(19)2)26-15-17-27(18-16-26)23(28)10-14-25(3)13-9-21-7-11-24-12-8-21/h4-8,11-12H,9-10,13-18H2,1-3H3. The first-order chi connectivity index (χ1) is 13.5. The van der Waals surface area contributed by atoms with Crippen molar-refractivity contribution in [1.29, 1.82) is 0 Å². The minimum Gasteiger partial charge on any atom is -0.368 e. The quantitative estimate of drug-likeness (QED) is 0.740.